The summed E-state index contributed by atoms with van der Waals surface area (Å²) >= 11 is 0. The summed E-state index contributed by atoms with van der Waals surface area (Å²) < 4.78 is 348. The second-order valence-electron chi connectivity index (χ2n) is 29.6. The number of hydrogen-bond acceptors (Lipinski definition) is 1. The molecule has 10 aromatic carbocycles. The zero-order valence-corrected chi connectivity index (χ0v) is 65.9. The third-order valence-electron chi connectivity index (χ3n) is 21.9. The number of rotatable bonds is 13. The molecule has 0 amide bonds. The van der Waals surface area contributed by atoms with Gasteiger partial charge in [0.25, 0.3) is 0 Å². The van der Waals surface area contributed by atoms with Crippen molar-refractivity contribution in [2.24, 2.45) is 0 Å². The molecule has 1 heterocycles. The number of allylic oxidation sites excluding steroid dienone is 2. The maximum absolute atomic E-state index is 14.2. The zero-order chi connectivity index (χ0) is 83.2. The minimum absolute atomic E-state index is 0. The van der Waals surface area contributed by atoms with Gasteiger partial charge in [0.15, 0.2) is 11.5 Å². The minimum Gasteiger partial charge on any atom is -0.448 e. The summed E-state index contributed by atoms with van der Waals surface area (Å²) in [5.41, 5.74) is -24.4. The molecule has 14 rings (SSSR count). The van der Waals surface area contributed by atoms with E-state index in [-0.39, 0.29) is 32.8 Å². The molecule has 0 spiro atoms. The molecule has 2 fully saturated rings. The Morgan fingerprint density at radius 2 is 0.517 bits per heavy atom. The van der Waals surface area contributed by atoms with E-state index < -0.39 is 211 Å². The van der Waals surface area contributed by atoms with Gasteiger partial charge in [-0.2, -0.15) is 127 Å². The molecule has 0 N–H and O–H groups in total. The second-order valence-corrected chi connectivity index (χ2v) is 38.0. The number of fused-ring (bicyclic) bond motifs is 2. The third kappa shape index (κ3) is 19.5. The van der Waals surface area contributed by atoms with Gasteiger partial charge in [-0.1, -0.05) is 172 Å². The van der Waals surface area contributed by atoms with Gasteiger partial charge < -0.3 is 4.74 Å². The van der Waals surface area contributed by atoms with Crippen molar-refractivity contribution in [3.63, 3.8) is 0 Å². The molecule has 1 aliphatic heterocycles. The van der Waals surface area contributed by atoms with Crippen molar-refractivity contribution >= 4 is 83.6 Å². The van der Waals surface area contributed by atoms with Crippen molar-refractivity contribution in [3.8, 4) is 11.5 Å². The molecule has 615 valence electrons. The van der Waals surface area contributed by atoms with Gasteiger partial charge in [-0.3, -0.25) is 0 Å². The summed E-state index contributed by atoms with van der Waals surface area (Å²) in [6, 6.07) is 48.7. The molecule has 4 aliphatic rings. The fraction of sp³-hybridized carbons (Fsp3) is 0.279. The van der Waals surface area contributed by atoms with Gasteiger partial charge in [-0.05, 0) is 136 Å². The average molecular weight is 1780 g/mol. The van der Waals surface area contributed by atoms with E-state index in [1.807, 2.05) is 0 Å². The molecule has 1 radical (unpaired) electrons. The number of hydrogen-bond donors (Lipinski definition) is 0. The van der Waals surface area contributed by atoms with Crippen molar-refractivity contribution < 1.29 is 130 Å². The average Bonchev–Trinajstić information content (AvgIpc) is 0.976. The van der Waals surface area contributed by atoms with Gasteiger partial charge in [0, 0.05) is 56.8 Å². The molecule has 2 saturated carbocycles. The number of benzene rings is 10. The quantitative estimate of drug-likeness (QED) is 0.0484. The molecule has 116 heavy (non-hydrogen) atoms. The fourth-order valence-electron chi connectivity index (χ4n) is 16.8. The van der Waals surface area contributed by atoms with Crippen LogP contribution < -0.4 is 58.4 Å². The first-order valence-electron chi connectivity index (χ1n) is 36.6. The third-order valence-corrected chi connectivity index (χ3v) is 31.9. The van der Waals surface area contributed by atoms with Crippen LogP contribution in [-0.2, 0) is 74.3 Å². The Morgan fingerprint density at radius 1 is 0.293 bits per heavy atom. The molecule has 0 saturated heterocycles. The van der Waals surface area contributed by atoms with Crippen LogP contribution in [0.25, 0.3) is 0 Å². The summed E-state index contributed by atoms with van der Waals surface area (Å²) in [5.74, 6) is 2.07. The van der Waals surface area contributed by atoms with E-state index in [2.05, 4.69) is 184 Å². The molecule has 3 aliphatic carbocycles. The van der Waals surface area contributed by atoms with Gasteiger partial charge in [0.2, 0.25) is 0 Å². The number of para-hydroxylation sites is 2. The summed E-state index contributed by atoms with van der Waals surface area (Å²) in [6.07, 6.45) is -34.4. The van der Waals surface area contributed by atoms with E-state index in [4.69, 9.17) is 4.74 Å². The molecule has 10 aromatic rings. The Labute approximate surface area is 669 Å². The molecular weight excluding hydrogens is 1710 g/mol. The Balaban J connectivity index is 0.000000194. The standard InChI is InChI=1S/C39H32OP2.C32H12BF24.C15H25P.Rh/c1-39(2)33-25-15-27-35(41(29-17-7-3-8-18-29)30-19-9-4-10-20-30)37(33)40-38-34(39)26-16-28-36(38)42(31-21-11-5-12-22-31)32-23-13-6-14-24-32;34-25(35,36)13-1-14(26(37,38)39)6-21(5-13)33(22-7-15(27(40,41)42)2-16(8-22)28(43,44)45,23-9-17(29(46,47)48)3-18(10-23)30(49,50)51)24-11-19(31(52,53)54)4-20(12-24)32(55,56)57;1-2-8-13(7-1)16(14-9-3-4-10-14)15-11-5-6-12-15;/h3-28H,1-2H3;1-12H;1-2,13-15H,3-12H2;/q;-1;;/p+3. The topological polar surface area (TPSA) is 9.23 Å². The molecule has 0 aromatic heterocycles. The Hall–Kier alpha value is -7.96. The number of halogens is 24. The maximum atomic E-state index is 14.2. The first-order chi connectivity index (χ1) is 53.8. The SMILES string of the molecule is C1=CCC([PH+](C2CCCC2)C2CCCC2)C1.CC1(C)c2cccc([PH+](c3ccccc3)c3ccccc3)c2Oc2c([PH+](c3ccccc3)c3ccccc3)cccc21.FC(F)(F)c1cc([B-](c2cc(C(F)(F)F)cc(C(F)(F)F)c2)(c2cc(C(F)(F)F)cc(C(F)(F)F)c2)c2cc(C(F)(F)F)cc(C(F)(F)F)c2)cc(C(F)(F)F)c1.[Rh]. The number of alkyl halides is 24. The van der Waals surface area contributed by atoms with Crippen LogP contribution in [0.3, 0.4) is 0 Å². The Morgan fingerprint density at radius 3 is 0.733 bits per heavy atom. The van der Waals surface area contributed by atoms with Gasteiger partial charge in [0.05, 0.1) is 61.5 Å². The first-order valence-corrected chi connectivity index (χ1v) is 41.4. The van der Waals surface area contributed by atoms with Crippen molar-refractivity contribution in [2.45, 2.75) is 150 Å². The van der Waals surface area contributed by atoms with Crippen LogP contribution in [0.4, 0.5) is 105 Å². The van der Waals surface area contributed by atoms with E-state index in [0.717, 1.165) is 17.2 Å². The molecule has 0 unspecified atom stereocenters. The Bertz CT molecular complexity index is 4410. The van der Waals surface area contributed by atoms with Crippen LogP contribution in [-0.4, -0.2) is 23.1 Å². The van der Waals surface area contributed by atoms with E-state index in [9.17, 15) is 105 Å². The molecule has 1 nitrogen and oxygen atoms in total. The van der Waals surface area contributed by atoms with E-state index in [1.54, 1.807) is 51.4 Å². The molecule has 0 atom stereocenters. The van der Waals surface area contributed by atoms with Crippen molar-refractivity contribution in [1.82, 2.24) is 0 Å². The summed E-state index contributed by atoms with van der Waals surface area (Å²) in [6.45, 7) is 4.71. The minimum atomic E-state index is -6.13. The van der Waals surface area contributed by atoms with Crippen LogP contribution in [0.5, 0.6) is 11.5 Å². The van der Waals surface area contributed by atoms with Crippen LogP contribution in [0.1, 0.15) is 134 Å². The largest absolute Gasteiger partial charge is 0.448 e. The zero-order valence-electron chi connectivity index (χ0n) is 61.3. The van der Waals surface area contributed by atoms with Crippen molar-refractivity contribution in [3.05, 3.63) is 298 Å². The van der Waals surface area contributed by atoms with Crippen LogP contribution >= 0.6 is 23.8 Å². The smallest absolute Gasteiger partial charge is 0.416 e. The normalized spacial score (nSPS) is 15.8. The van der Waals surface area contributed by atoms with Gasteiger partial charge >= 0.3 is 49.4 Å². The second kappa shape index (κ2) is 34.4. The maximum Gasteiger partial charge on any atom is 0.416 e. The van der Waals surface area contributed by atoms with Crippen LogP contribution in [0.2, 0.25) is 0 Å². The predicted octanol–water partition coefficient (Wildman–Crippen LogP) is 23.1. The Kier molecular flexibility index (Phi) is 26.3. The van der Waals surface area contributed by atoms with E-state index >= 15 is 0 Å². The van der Waals surface area contributed by atoms with Gasteiger partial charge in [-0.15, -0.1) is 0 Å². The summed E-state index contributed by atoms with van der Waals surface area (Å²) in [4.78, 5) is 0. The number of ether oxygens (including phenoxy) is 1. The monoisotopic (exact) mass is 1780 g/mol. The van der Waals surface area contributed by atoms with Crippen LogP contribution in [0.15, 0.2) is 243 Å². The molecular formula is C86H72BF24OP3Rh+2. The predicted molar refractivity (Wildman–Crippen MR) is 410 cm³/mol. The van der Waals surface area contributed by atoms with Crippen molar-refractivity contribution in [1.29, 1.82) is 0 Å². The van der Waals surface area contributed by atoms with Crippen molar-refractivity contribution in [2.75, 3.05) is 0 Å². The van der Waals surface area contributed by atoms with Gasteiger partial charge in [-0.25, -0.2) is 0 Å². The van der Waals surface area contributed by atoms with Crippen LogP contribution in [0, 0.1) is 0 Å². The fourth-order valence-corrected chi connectivity index (χ4v) is 27.1. The van der Waals surface area contributed by atoms with E-state index in [0.29, 0.717) is 0 Å². The molecule has 0 bridgehead atoms. The first kappa shape index (κ1) is 88.8. The summed E-state index contributed by atoms with van der Waals surface area (Å²) in [7, 11) is -2.68. The van der Waals surface area contributed by atoms with Gasteiger partial charge in [0.1, 0.15) is 53.8 Å². The molecule has 30 heteroatoms. The van der Waals surface area contributed by atoms with E-state index in [1.165, 1.54) is 67.1 Å². The summed E-state index contributed by atoms with van der Waals surface area (Å²) in [5, 5.41) is 8.05.